The molecule has 0 aromatic rings. The van der Waals surface area contributed by atoms with Crippen LogP contribution in [0.15, 0.2) is 0 Å². The van der Waals surface area contributed by atoms with Gasteiger partial charge in [-0.25, -0.2) is 0 Å². The molecule has 5 nitrogen and oxygen atoms in total. The number of likely N-dealkylation sites (tertiary alicyclic amines) is 1. The molecule has 1 unspecified atom stereocenters. The Morgan fingerprint density at radius 3 is 2.48 bits per heavy atom. The lowest BCUT2D eigenvalue weighted by molar-refractivity contribution is -0.138. The van der Waals surface area contributed by atoms with Crippen molar-refractivity contribution in [2.24, 2.45) is 11.8 Å². The number of carbonyl (C=O) groups excluding carboxylic acids is 1. The summed E-state index contributed by atoms with van der Waals surface area (Å²) >= 11 is 0. The molecular weight excluding hydrogens is 268 g/mol. The fraction of sp³-hybridized carbons (Fsp3) is 0.875. The topological polar surface area (TPSA) is 60.9 Å². The first-order valence-electron chi connectivity index (χ1n) is 8.15. The van der Waals surface area contributed by atoms with E-state index in [1.165, 1.54) is 12.8 Å². The number of likely N-dealkylation sites (N-methyl/N-ethyl adjacent to an activating group) is 1. The summed E-state index contributed by atoms with van der Waals surface area (Å²) in [7, 11) is 1.92. The van der Waals surface area contributed by atoms with Gasteiger partial charge in [-0.2, -0.15) is 0 Å². The number of aliphatic carboxylic acids is 1. The second-order valence-electron chi connectivity index (χ2n) is 6.91. The van der Waals surface area contributed by atoms with Gasteiger partial charge >= 0.3 is 5.97 Å². The lowest BCUT2D eigenvalue weighted by Gasteiger charge is -2.34. The van der Waals surface area contributed by atoms with E-state index in [9.17, 15) is 9.59 Å². The fourth-order valence-corrected chi connectivity index (χ4v) is 3.61. The van der Waals surface area contributed by atoms with Crippen molar-refractivity contribution >= 4 is 11.9 Å². The number of hydrogen-bond donors (Lipinski definition) is 1. The molecule has 0 spiro atoms. The molecular formula is C16H28N2O3. The van der Waals surface area contributed by atoms with Crippen LogP contribution in [-0.2, 0) is 9.59 Å². The first kappa shape index (κ1) is 16.3. The Labute approximate surface area is 127 Å². The summed E-state index contributed by atoms with van der Waals surface area (Å²) in [6.07, 6.45) is 5.78. The standard InChI is InChI=1S/C16H28N2O3/c1-12-3-5-14(6-4-12)17(2)15(19)11-18-8-7-13(10-18)9-16(20)21/h12-14H,3-11H2,1-2H3,(H,20,21). The van der Waals surface area contributed by atoms with E-state index in [0.29, 0.717) is 12.6 Å². The third kappa shape index (κ3) is 4.70. The molecule has 1 N–H and O–H groups in total. The van der Waals surface area contributed by atoms with Crippen LogP contribution in [0.4, 0.5) is 0 Å². The van der Waals surface area contributed by atoms with E-state index in [1.807, 2.05) is 11.9 Å². The van der Waals surface area contributed by atoms with Gasteiger partial charge in [0.1, 0.15) is 0 Å². The Kier molecular flexibility index (Phi) is 5.62. The third-order valence-corrected chi connectivity index (χ3v) is 5.12. The van der Waals surface area contributed by atoms with Crippen LogP contribution in [0.25, 0.3) is 0 Å². The van der Waals surface area contributed by atoms with Gasteiger partial charge in [-0.1, -0.05) is 6.92 Å². The fourth-order valence-electron chi connectivity index (χ4n) is 3.61. The summed E-state index contributed by atoms with van der Waals surface area (Å²) in [5, 5.41) is 8.83. The molecule has 1 aliphatic carbocycles. The highest BCUT2D eigenvalue weighted by molar-refractivity contribution is 5.78. The Hall–Kier alpha value is -1.10. The summed E-state index contributed by atoms with van der Waals surface area (Å²) < 4.78 is 0. The van der Waals surface area contributed by atoms with Crippen LogP contribution in [0.1, 0.15) is 45.4 Å². The van der Waals surface area contributed by atoms with Gasteiger partial charge < -0.3 is 10.0 Å². The molecule has 0 bridgehead atoms. The number of carbonyl (C=O) groups is 2. The minimum absolute atomic E-state index is 0.186. The predicted octanol–water partition coefficient (Wildman–Crippen LogP) is 1.82. The predicted molar refractivity (Wildman–Crippen MR) is 81.0 cm³/mol. The van der Waals surface area contributed by atoms with E-state index in [1.54, 1.807) is 0 Å². The van der Waals surface area contributed by atoms with Crippen LogP contribution in [0.2, 0.25) is 0 Å². The second kappa shape index (κ2) is 7.25. The van der Waals surface area contributed by atoms with Gasteiger partial charge in [-0.05, 0) is 50.5 Å². The van der Waals surface area contributed by atoms with Crippen molar-refractivity contribution in [1.82, 2.24) is 9.80 Å². The first-order valence-corrected chi connectivity index (χ1v) is 8.15. The minimum Gasteiger partial charge on any atom is -0.481 e. The van der Waals surface area contributed by atoms with Crippen LogP contribution in [0.5, 0.6) is 0 Å². The van der Waals surface area contributed by atoms with Gasteiger partial charge in [0.05, 0.1) is 6.54 Å². The zero-order valence-corrected chi connectivity index (χ0v) is 13.3. The van der Waals surface area contributed by atoms with E-state index >= 15 is 0 Å². The Bertz CT molecular complexity index is 378. The zero-order valence-electron chi connectivity index (χ0n) is 13.3. The highest BCUT2D eigenvalue weighted by Crippen LogP contribution is 2.27. The average molecular weight is 296 g/mol. The van der Waals surface area contributed by atoms with E-state index in [-0.39, 0.29) is 18.2 Å². The van der Waals surface area contributed by atoms with Crippen molar-refractivity contribution in [1.29, 1.82) is 0 Å². The molecule has 1 saturated heterocycles. The molecule has 2 rings (SSSR count). The van der Waals surface area contributed by atoms with Gasteiger partial charge in [0.15, 0.2) is 0 Å². The quantitative estimate of drug-likeness (QED) is 0.840. The summed E-state index contributed by atoms with van der Waals surface area (Å²) in [5.74, 6) is 0.448. The van der Waals surface area contributed by atoms with Crippen LogP contribution in [0.3, 0.4) is 0 Å². The summed E-state index contributed by atoms with van der Waals surface area (Å²) in [6.45, 7) is 4.32. The highest BCUT2D eigenvalue weighted by Gasteiger charge is 2.29. The van der Waals surface area contributed by atoms with Crippen molar-refractivity contribution in [2.75, 3.05) is 26.7 Å². The Morgan fingerprint density at radius 2 is 1.86 bits per heavy atom. The number of nitrogens with zero attached hydrogens (tertiary/aromatic N) is 2. The second-order valence-corrected chi connectivity index (χ2v) is 6.91. The zero-order chi connectivity index (χ0) is 15.4. The summed E-state index contributed by atoms with van der Waals surface area (Å²) in [5.41, 5.74) is 0. The molecule has 0 aromatic heterocycles. The number of hydrogen-bond acceptors (Lipinski definition) is 3. The minimum atomic E-state index is -0.735. The van der Waals surface area contributed by atoms with Gasteiger partial charge in [-0.3, -0.25) is 14.5 Å². The van der Waals surface area contributed by atoms with Crippen molar-refractivity contribution in [3.63, 3.8) is 0 Å². The maximum absolute atomic E-state index is 12.4. The lowest BCUT2D eigenvalue weighted by Crippen LogP contribution is -2.44. The SMILES string of the molecule is CC1CCC(N(C)C(=O)CN2CCC(CC(=O)O)C2)CC1. The average Bonchev–Trinajstić information content (AvgIpc) is 2.85. The molecule has 21 heavy (non-hydrogen) atoms. The van der Waals surface area contributed by atoms with E-state index in [2.05, 4.69) is 11.8 Å². The molecule has 2 aliphatic rings. The van der Waals surface area contributed by atoms with Crippen molar-refractivity contribution in [3.8, 4) is 0 Å². The van der Waals surface area contributed by atoms with Gasteiger partial charge in [0.25, 0.3) is 0 Å². The number of carboxylic acid groups (broad SMARTS) is 1. The molecule has 0 radical (unpaired) electrons. The van der Waals surface area contributed by atoms with Crippen molar-refractivity contribution in [2.45, 2.75) is 51.5 Å². The van der Waals surface area contributed by atoms with Gasteiger partial charge in [-0.15, -0.1) is 0 Å². The summed E-state index contributed by atoms with van der Waals surface area (Å²) in [4.78, 5) is 27.1. The molecule has 5 heteroatoms. The molecule has 1 atom stereocenters. The third-order valence-electron chi connectivity index (χ3n) is 5.12. The van der Waals surface area contributed by atoms with Crippen LogP contribution >= 0.6 is 0 Å². The maximum Gasteiger partial charge on any atom is 0.303 e. The van der Waals surface area contributed by atoms with E-state index in [0.717, 1.165) is 38.3 Å². The largest absolute Gasteiger partial charge is 0.481 e. The lowest BCUT2D eigenvalue weighted by atomic mass is 9.87. The van der Waals surface area contributed by atoms with Crippen molar-refractivity contribution in [3.05, 3.63) is 0 Å². The first-order chi connectivity index (χ1) is 9.95. The number of rotatable bonds is 5. The molecule has 2 fully saturated rings. The van der Waals surface area contributed by atoms with Gasteiger partial charge in [0.2, 0.25) is 5.91 Å². The normalized spacial score (nSPS) is 30.3. The molecule has 120 valence electrons. The van der Waals surface area contributed by atoms with Crippen molar-refractivity contribution < 1.29 is 14.7 Å². The van der Waals surface area contributed by atoms with Crippen LogP contribution < -0.4 is 0 Å². The maximum atomic E-state index is 12.4. The van der Waals surface area contributed by atoms with Crippen LogP contribution in [0, 0.1) is 11.8 Å². The highest BCUT2D eigenvalue weighted by atomic mass is 16.4. The molecule has 0 aromatic carbocycles. The van der Waals surface area contributed by atoms with E-state index < -0.39 is 5.97 Å². The smallest absolute Gasteiger partial charge is 0.303 e. The Morgan fingerprint density at radius 1 is 1.19 bits per heavy atom. The van der Waals surface area contributed by atoms with Gasteiger partial charge in [0, 0.05) is 26.1 Å². The molecule has 1 aliphatic heterocycles. The summed E-state index contributed by atoms with van der Waals surface area (Å²) in [6, 6.07) is 0.395. The Balaban J connectivity index is 1.75. The molecule has 1 heterocycles. The number of carboxylic acids is 1. The molecule has 1 amide bonds. The van der Waals surface area contributed by atoms with E-state index in [4.69, 9.17) is 5.11 Å². The molecule has 1 saturated carbocycles. The monoisotopic (exact) mass is 296 g/mol. The number of amides is 1. The van der Waals surface area contributed by atoms with Crippen LogP contribution in [-0.4, -0.2) is 59.5 Å².